The van der Waals surface area contributed by atoms with Gasteiger partial charge in [0.25, 0.3) is 6.01 Å². The summed E-state index contributed by atoms with van der Waals surface area (Å²) in [4.78, 5) is 19.0. The van der Waals surface area contributed by atoms with Gasteiger partial charge in [-0.3, -0.25) is 4.79 Å². The fourth-order valence-corrected chi connectivity index (χ4v) is 3.28. The molecule has 0 atom stereocenters. The highest BCUT2D eigenvalue weighted by atomic mass is 19.1. The van der Waals surface area contributed by atoms with Crippen LogP contribution in [0.4, 0.5) is 16.1 Å². The molecule has 0 saturated carbocycles. The molecular weight excluding hydrogens is 333 g/mol. The first-order valence-electron chi connectivity index (χ1n) is 8.78. The van der Waals surface area contributed by atoms with Crippen molar-refractivity contribution in [3.63, 3.8) is 0 Å². The molecule has 1 fully saturated rings. The van der Waals surface area contributed by atoms with Crippen LogP contribution < -0.4 is 10.2 Å². The average molecular weight is 353 g/mol. The number of carbonyl (C=O) groups is 1. The van der Waals surface area contributed by atoms with Crippen molar-refractivity contribution in [2.24, 2.45) is 5.92 Å². The van der Waals surface area contributed by atoms with E-state index in [1.165, 1.54) is 6.07 Å². The number of hydrogen-bond donors (Lipinski definition) is 1. The van der Waals surface area contributed by atoms with Gasteiger partial charge >= 0.3 is 0 Å². The Morgan fingerprint density at radius 2 is 2.00 bits per heavy atom. The zero-order valence-corrected chi connectivity index (χ0v) is 14.5. The van der Waals surface area contributed by atoms with Gasteiger partial charge in [0.05, 0.1) is 5.69 Å². The Morgan fingerprint density at radius 1 is 1.23 bits per heavy atom. The molecule has 5 nitrogen and oxygen atoms in total. The molecule has 0 aliphatic carbocycles. The summed E-state index contributed by atoms with van der Waals surface area (Å²) in [6.45, 7) is 3.18. The van der Waals surface area contributed by atoms with Crippen molar-refractivity contribution in [1.29, 1.82) is 0 Å². The van der Waals surface area contributed by atoms with E-state index in [0.717, 1.165) is 16.7 Å². The lowest BCUT2D eigenvalue weighted by atomic mass is 9.96. The number of aromatic nitrogens is 1. The second-order valence-corrected chi connectivity index (χ2v) is 6.70. The van der Waals surface area contributed by atoms with Crippen molar-refractivity contribution in [2.45, 2.75) is 19.8 Å². The number of aryl methyl sites for hydroxylation is 1. The number of carbonyl (C=O) groups excluding carboxylic acids is 1. The zero-order chi connectivity index (χ0) is 18.1. The molecule has 0 bridgehead atoms. The minimum Gasteiger partial charge on any atom is -0.423 e. The quantitative estimate of drug-likeness (QED) is 0.769. The van der Waals surface area contributed by atoms with E-state index in [9.17, 15) is 9.18 Å². The van der Waals surface area contributed by atoms with Gasteiger partial charge in [-0.2, -0.15) is 4.98 Å². The van der Waals surface area contributed by atoms with Crippen LogP contribution in [0.2, 0.25) is 0 Å². The van der Waals surface area contributed by atoms with Gasteiger partial charge in [-0.05, 0) is 49.6 Å². The third-order valence-electron chi connectivity index (χ3n) is 4.80. The van der Waals surface area contributed by atoms with Crippen LogP contribution in [0, 0.1) is 18.7 Å². The van der Waals surface area contributed by atoms with E-state index >= 15 is 0 Å². The lowest BCUT2D eigenvalue weighted by molar-refractivity contribution is -0.120. The topological polar surface area (TPSA) is 58.4 Å². The summed E-state index contributed by atoms with van der Waals surface area (Å²) >= 11 is 0. The predicted molar refractivity (Wildman–Crippen MR) is 98.7 cm³/mol. The molecule has 26 heavy (non-hydrogen) atoms. The number of oxazole rings is 1. The van der Waals surface area contributed by atoms with Crippen molar-refractivity contribution in [2.75, 3.05) is 23.3 Å². The summed E-state index contributed by atoms with van der Waals surface area (Å²) in [6, 6.07) is 13.1. The van der Waals surface area contributed by atoms with Gasteiger partial charge in [-0.15, -0.1) is 0 Å². The Morgan fingerprint density at radius 3 is 2.73 bits per heavy atom. The Kier molecular flexibility index (Phi) is 4.32. The molecule has 6 heteroatoms. The molecule has 0 spiro atoms. The summed E-state index contributed by atoms with van der Waals surface area (Å²) in [5.41, 5.74) is 2.66. The number of benzene rings is 2. The first kappa shape index (κ1) is 16.6. The second kappa shape index (κ2) is 6.78. The highest BCUT2D eigenvalue weighted by molar-refractivity contribution is 5.92. The normalized spacial score (nSPS) is 15.4. The van der Waals surface area contributed by atoms with Crippen LogP contribution in [0.5, 0.6) is 0 Å². The summed E-state index contributed by atoms with van der Waals surface area (Å²) in [7, 11) is 0. The number of halogens is 1. The van der Waals surface area contributed by atoms with Crippen LogP contribution in [-0.4, -0.2) is 24.0 Å². The summed E-state index contributed by atoms with van der Waals surface area (Å²) < 4.78 is 19.7. The zero-order valence-electron chi connectivity index (χ0n) is 14.5. The number of hydrogen-bond acceptors (Lipinski definition) is 4. The third kappa shape index (κ3) is 3.27. The third-order valence-corrected chi connectivity index (χ3v) is 4.80. The molecule has 1 amide bonds. The number of para-hydroxylation sites is 2. The summed E-state index contributed by atoms with van der Waals surface area (Å²) in [5.74, 6) is -0.677. The SMILES string of the molecule is Cc1ccc(NC(=O)C2CCN(c3nc4ccccc4o3)CC2)c(F)c1. The molecule has 0 unspecified atom stereocenters. The molecule has 1 aromatic heterocycles. The second-order valence-electron chi connectivity index (χ2n) is 6.70. The van der Waals surface area contributed by atoms with Crippen LogP contribution >= 0.6 is 0 Å². The van der Waals surface area contributed by atoms with Crippen LogP contribution in [-0.2, 0) is 4.79 Å². The van der Waals surface area contributed by atoms with E-state index in [1.54, 1.807) is 12.1 Å². The number of nitrogens with one attached hydrogen (secondary N) is 1. The van der Waals surface area contributed by atoms with Gasteiger partial charge in [0, 0.05) is 19.0 Å². The lowest BCUT2D eigenvalue weighted by Gasteiger charge is -2.30. The Bertz CT molecular complexity index is 912. The maximum atomic E-state index is 13.9. The molecule has 0 radical (unpaired) electrons. The first-order valence-corrected chi connectivity index (χ1v) is 8.78. The van der Waals surface area contributed by atoms with Gasteiger partial charge in [-0.1, -0.05) is 18.2 Å². The fourth-order valence-electron chi connectivity index (χ4n) is 3.28. The molecule has 3 aromatic rings. The van der Waals surface area contributed by atoms with Gasteiger partial charge < -0.3 is 14.6 Å². The minimum atomic E-state index is -0.401. The number of fused-ring (bicyclic) bond motifs is 1. The summed E-state index contributed by atoms with van der Waals surface area (Å²) in [5, 5.41) is 2.71. The first-order chi connectivity index (χ1) is 12.6. The Balaban J connectivity index is 1.39. The van der Waals surface area contributed by atoms with Gasteiger partial charge in [-0.25, -0.2) is 4.39 Å². The standard InChI is InChI=1S/C20H20FN3O2/c1-13-6-7-16(15(21)12-13)22-19(25)14-8-10-24(11-9-14)20-23-17-4-2-3-5-18(17)26-20/h2-7,12,14H,8-11H2,1H3,(H,22,25). The van der Waals surface area contributed by atoms with Crippen molar-refractivity contribution in [3.8, 4) is 0 Å². The van der Waals surface area contributed by atoms with Crippen molar-refractivity contribution in [1.82, 2.24) is 4.98 Å². The number of piperidine rings is 1. The maximum Gasteiger partial charge on any atom is 0.298 e. The summed E-state index contributed by atoms with van der Waals surface area (Å²) in [6.07, 6.45) is 1.36. The number of nitrogens with zero attached hydrogens (tertiary/aromatic N) is 2. The van der Waals surface area contributed by atoms with E-state index in [0.29, 0.717) is 31.9 Å². The fraction of sp³-hybridized carbons (Fsp3) is 0.300. The van der Waals surface area contributed by atoms with Crippen LogP contribution in [0.25, 0.3) is 11.1 Å². The molecule has 4 rings (SSSR count). The largest absolute Gasteiger partial charge is 0.423 e. The molecule has 1 saturated heterocycles. The maximum absolute atomic E-state index is 13.9. The van der Waals surface area contributed by atoms with E-state index in [4.69, 9.17) is 4.42 Å². The predicted octanol–water partition coefficient (Wildman–Crippen LogP) is 4.13. The van der Waals surface area contributed by atoms with E-state index in [2.05, 4.69) is 15.2 Å². The monoisotopic (exact) mass is 353 g/mol. The van der Waals surface area contributed by atoms with E-state index < -0.39 is 5.82 Å². The van der Waals surface area contributed by atoms with Crippen LogP contribution in [0.1, 0.15) is 18.4 Å². The van der Waals surface area contributed by atoms with Gasteiger partial charge in [0.1, 0.15) is 11.3 Å². The van der Waals surface area contributed by atoms with Gasteiger partial charge in [0.15, 0.2) is 5.58 Å². The molecule has 134 valence electrons. The van der Waals surface area contributed by atoms with Crippen LogP contribution in [0.3, 0.4) is 0 Å². The van der Waals surface area contributed by atoms with Crippen molar-refractivity contribution in [3.05, 3.63) is 53.8 Å². The average Bonchev–Trinajstić information content (AvgIpc) is 3.08. The van der Waals surface area contributed by atoms with E-state index in [1.807, 2.05) is 31.2 Å². The smallest absolute Gasteiger partial charge is 0.298 e. The highest BCUT2D eigenvalue weighted by Crippen LogP contribution is 2.27. The minimum absolute atomic E-state index is 0.134. The molecule has 2 heterocycles. The number of amides is 1. The van der Waals surface area contributed by atoms with E-state index in [-0.39, 0.29) is 17.5 Å². The Labute approximate surface area is 150 Å². The Hall–Kier alpha value is -2.89. The van der Waals surface area contributed by atoms with Crippen molar-refractivity contribution >= 4 is 28.7 Å². The van der Waals surface area contributed by atoms with Gasteiger partial charge in [0.2, 0.25) is 5.91 Å². The number of rotatable bonds is 3. The molecular formula is C20H20FN3O2. The van der Waals surface area contributed by atoms with Crippen LogP contribution in [0.15, 0.2) is 46.9 Å². The molecule has 2 aromatic carbocycles. The number of anilines is 2. The highest BCUT2D eigenvalue weighted by Gasteiger charge is 2.27. The molecule has 1 aliphatic heterocycles. The van der Waals surface area contributed by atoms with Crippen molar-refractivity contribution < 1.29 is 13.6 Å². The lowest BCUT2D eigenvalue weighted by Crippen LogP contribution is -2.38. The molecule has 1 aliphatic rings. The molecule has 1 N–H and O–H groups in total.